The van der Waals surface area contributed by atoms with Crippen molar-refractivity contribution in [2.24, 2.45) is 5.73 Å². The van der Waals surface area contributed by atoms with Crippen LogP contribution in [0.25, 0.3) is 0 Å². The predicted molar refractivity (Wildman–Crippen MR) is 74.8 cm³/mol. The Bertz CT molecular complexity index is 413. The van der Waals surface area contributed by atoms with Gasteiger partial charge in [-0.25, -0.2) is 0 Å². The molecule has 1 aliphatic rings. The van der Waals surface area contributed by atoms with Crippen LogP contribution in [0.1, 0.15) is 18.4 Å². The van der Waals surface area contributed by atoms with E-state index in [9.17, 15) is 4.79 Å². The van der Waals surface area contributed by atoms with Crippen molar-refractivity contribution in [3.63, 3.8) is 0 Å². The lowest BCUT2D eigenvalue weighted by molar-refractivity contribution is -0.135. The molecule has 1 saturated heterocycles. The summed E-state index contributed by atoms with van der Waals surface area (Å²) in [6, 6.07) is 10.3. The summed E-state index contributed by atoms with van der Waals surface area (Å²) in [6.07, 6.45) is 2.55. The fourth-order valence-corrected chi connectivity index (χ4v) is 2.40. The number of likely N-dealkylation sites (N-methyl/N-ethyl adjacent to an activating group) is 1. The van der Waals surface area contributed by atoms with Gasteiger partial charge in [0.2, 0.25) is 5.91 Å². The molecule has 0 saturated carbocycles. The van der Waals surface area contributed by atoms with E-state index in [0.717, 1.165) is 19.4 Å². The minimum Gasteiger partial charge on any atom is -0.379 e. The zero-order valence-corrected chi connectivity index (χ0v) is 11.5. The predicted octanol–water partition coefficient (Wildman–Crippen LogP) is 1.20. The van der Waals surface area contributed by atoms with Crippen LogP contribution in [0, 0.1) is 0 Å². The highest BCUT2D eigenvalue weighted by Crippen LogP contribution is 2.18. The molecule has 0 aromatic heterocycles. The number of rotatable bonds is 5. The average Bonchev–Trinajstić information content (AvgIpc) is 2.87. The van der Waals surface area contributed by atoms with Crippen molar-refractivity contribution in [3.05, 3.63) is 35.9 Å². The number of carbonyl (C=O) groups excluding carboxylic acids is 1. The van der Waals surface area contributed by atoms with Gasteiger partial charge in [-0.15, -0.1) is 0 Å². The zero-order valence-electron chi connectivity index (χ0n) is 11.5. The smallest absolute Gasteiger partial charge is 0.244 e. The maximum absolute atomic E-state index is 12.2. The summed E-state index contributed by atoms with van der Waals surface area (Å²) in [4.78, 5) is 14.0. The van der Waals surface area contributed by atoms with Crippen LogP contribution >= 0.6 is 0 Å². The first-order chi connectivity index (χ1) is 9.12. The van der Waals surface area contributed by atoms with Gasteiger partial charge < -0.3 is 15.4 Å². The minimum absolute atomic E-state index is 0.00179. The Morgan fingerprint density at radius 1 is 1.42 bits per heavy atom. The number of ether oxygens (including phenoxy) is 1. The zero-order chi connectivity index (χ0) is 13.7. The third kappa shape index (κ3) is 3.55. The van der Waals surface area contributed by atoms with Crippen LogP contribution in [0.2, 0.25) is 0 Å². The average molecular weight is 262 g/mol. The maximum atomic E-state index is 12.2. The molecule has 19 heavy (non-hydrogen) atoms. The normalized spacial score (nSPS) is 22.4. The molecule has 4 heteroatoms. The van der Waals surface area contributed by atoms with Crippen molar-refractivity contribution in [1.29, 1.82) is 0 Å². The van der Waals surface area contributed by atoms with Gasteiger partial charge in [0, 0.05) is 20.2 Å². The van der Waals surface area contributed by atoms with Crippen molar-refractivity contribution < 1.29 is 9.53 Å². The Morgan fingerprint density at radius 2 is 2.16 bits per heavy atom. The Hall–Kier alpha value is -1.39. The number of carbonyl (C=O) groups is 1. The molecule has 1 aromatic carbocycles. The second-order valence-electron chi connectivity index (χ2n) is 5.27. The summed E-state index contributed by atoms with van der Waals surface area (Å²) in [5, 5.41) is 0. The molecular weight excluding hydrogens is 240 g/mol. The monoisotopic (exact) mass is 262 g/mol. The van der Waals surface area contributed by atoms with Crippen LogP contribution < -0.4 is 5.73 Å². The molecule has 0 spiro atoms. The number of amides is 1. The Morgan fingerprint density at radius 3 is 2.79 bits per heavy atom. The molecular formula is C15H22N2O2. The van der Waals surface area contributed by atoms with E-state index < -0.39 is 5.54 Å². The number of benzene rings is 1. The Balaban J connectivity index is 1.78. The first-order valence-electron chi connectivity index (χ1n) is 6.78. The highest BCUT2D eigenvalue weighted by Gasteiger charge is 2.39. The summed E-state index contributed by atoms with van der Waals surface area (Å²) in [5.74, 6) is -0.00179. The third-order valence-electron chi connectivity index (χ3n) is 3.63. The second-order valence-corrected chi connectivity index (χ2v) is 5.27. The lowest BCUT2D eigenvalue weighted by atomic mass is 9.98. The minimum atomic E-state index is -0.804. The number of hydrogen-bond acceptors (Lipinski definition) is 3. The van der Waals surface area contributed by atoms with Crippen LogP contribution in [0.15, 0.2) is 30.3 Å². The van der Waals surface area contributed by atoms with Gasteiger partial charge in [0.05, 0.1) is 6.61 Å². The fraction of sp³-hybridized carbons (Fsp3) is 0.533. The molecule has 1 aliphatic heterocycles. The summed E-state index contributed by atoms with van der Waals surface area (Å²) in [5.41, 5.74) is 6.57. The molecule has 2 N–H and O–H groups in total. The van der Waals surface area contributed by atoms with E-state index in [0.29, 0.717) is 19.6 Å². The van der Waals surface area contributed by atoms with Crippen LogP contribution in [0.4, 0.5) is 0 Å². The lowest BCUT2D eigenvalue weighted by Crippen LogP contribution is -2.55. The van der Waals surface area contributed by atoms with Crippen LogP contribution in [-0.2, 0) is 16.0 Å². The number of aryl methyl sites for hydroxylation is 1. The molecule has 1 amide bonds. The second kappa shape index (κ2) is 6.17. The van der Waals surface area contributed by atoms with Gasteiger partial charge in [0.15, 0.2) is 0 Å². The summed E-state index contributed by atoms with van der Waals surface area (Å²) in [7, 11) is 1.82. The van der Waals surface area contributed by atoms with Crippen molar-refractivity contribution in [1.82, 2.24) is 4.90 Å². The summed E-state index contributed by atoms with van der Waals surface area (Å²) < 4.78 is 5.23. The Labute approximate surface area is 114 Å². The van der Waals surface area contributed by atoms with E-state index in [2.05, 4.69) is 12.1 Å². The molecule has 2 rings (SSSR count). The van der Waals surface area contributed by atoms with Crippen molar-refractivity contribution >= 4 is 5.91 Å². The molecule has 0 radical (unpaired) electrons. The van der Waals surface area contributed by atoms with E-state index in [1.165, 1.54) is 5.56 Å². The number of nitrogens with zero attached hydrogens (tertiary/aromatic N) is 1. The SMILES string of the molecule is CN(CCCc1ccccc1)C(=O)C1(N)CCOC1. The van der Waals surface area contributed by atoms with E-state index >= 15 is 0 Å². The van der Waals surface area contributed by atoms with E-state index in [4.69, 9.17) is 10.5 Å². The number of nitrogens with two attached hydrogens (primary N) is 1. The molecule has 1 fully saturated rings. The largest absolute Gasteiger partial charge is 0.379 e. The topological polar surface area (TPSA) is 55.6 Å². The molecule has 0 aliphatic carbocycles. The molecule has 104 valence electrons. The van der Waals surface area contributed by atoms with Crippen molar-refractivity contribution in [3.8, 4) is 0 Å². The van der Waals surface area contributed by atoms with Crippen LogP contribution in [0.5, 0.6) is 0 Å². The van der Waals surface area contributed by atoms with Gasteiger partial charge in [-0.2, -0.15) is 0 Å². The van der Waals surface area contributed by atoms with Crippen LogP contribution in [-0.4, -0.2) is 43.2 Å². The van der Waals surface area contributed by atoms with Gasteiger partial charge in [-0.1, -0.05) is 30.3 Å². The maximum Gasteiger partial charge on any atom is 0.244 e. The summed E-state index contributed by atoms with van der Waals surface area (Å²) >= 11 is 0. The van der Waals surface area contributed by atoms with Gasteiger partial charge in [-0.3, -0.25) is 4.79 Å². The van der Waals surface area contributed by atoms with Crippen LogP contribution in [0.3, 0.4) is 0 Å². The summed E-state index contributed by atoms with van der Waals surface area (Å²) in [6.45, 7) is 1.65. The quantitative estimate of drug-likeness (QED) is 0.867. The fourth-order valence-electron chi connectivity index (χ4n) is 2.40. The number of hydrogen-bond donors (Lipinski definition) is 1. The van der Waals surface area contributed by atoms with Crippen molar-refractivity contribution in [2.45, 2.75) is 24.8 Å². The molecule has 1 heterocycles. The lowest BCUT2D eigenvalue weighted by Gasteiger charge is -2.27. The van der Waals surface area contributed by atoms with Gasteiger partial charge in [0.1, 0.15) is 5.54 Å². The molecule has 1 aromatic rings. The van der Waals surface area contributed by atoms with E-state index in [-0.39, 0.29) is 5.91 Å². The standard InChI is InChI=1S/C15H22N2O2/c1-17(14(18)15(16)9-11-19-12-15)10-5-8-13-6-3-2-4-7-13/h2-4,6-7H,5,8-12,16H2,1H3. The Kier molecular flexibility index (Phi) is 4.56. The molecule has 0 bridgehead atoms. The molecule has 1 atom stereocenters. The first kappa shape index (κ1) is 14.0. The van der Waals surface area contributed by atoms with Crippen molar-refractivity contribution in [2.75, 3.05) is 26.8 Å². The van der Waals surface area contributed by atoms with Gasteiger partial charge in [-0.05, 0) is 24.8 Å². The highest BCUT2D eigenvalue weighted by atomic mass is 16.5. The van der Waals surface area contributed by atoms with Gasteiger partial charge in [0.25, 0.3) is 0 Å². The van der Waals surface area contributed by atoms with E-state index in [1.807, 2.05) is 25.2 Å². The third-order valence-corrected chi connectivity index (χ3v) is 3.63. The first-order valence-corrected chi connectivity index (χ1v) is 6.78. The highest BCUT2D eigenvalue weighted by molar-refractivity contribution is 5.86. The van der Waals surface area contributed by atoms with E-state index in [1.54, 1.807) is 4.90 Å². The molecule has 1 unspecified atom stereocenters. The van der Waals surface area contributed by atoms with Gasteiger partial charge >= 0.3 is 0 Å². The molecule has 4 nitrogen and oxygen atoms in total.